The van der Waals surface area contributed by atoms with Crippen molar-refractivity contribution in [2.75, 3.05) is 13.2 Å². The Bertz CT molecular complexity index is 360. The molecule has 94 valence electrons. The summed E-state index contributed by atoms with van der Waals surface area (Å²) in [7, 11) is 0. The minimum Gasteiger partial charge on any atom is -0.468 e. The molecule has 0 bridgehead atoms. The van der Waals surface area contributed by atoms with Gasteiger partial charge in [-0.1, -0.05) is 12.2 Å². The first-order valence-electron chi connectivity index (χ1n) is 4.94. The molecule has 0 aliphatic carbocycles. The number of hydrogen-bond acceptors (Lipinski definition) is 3. The lowest BCUT2D eigenvalue weighted by Crippen LogP contribution is -2.19. The van der Waals surface area contributed by atoms with Crippen LogP contribution in [-0.2, 0) is 0 Å². The number of aliphatic hydroxyl groups excluding tert-OH is 1. The second-order valence-electron chi connectivity index (χ2n) is 3.25. The molecule has 1 N–H and O–H groups in total. The summed E-state index contributed by atoms with van der Waals surface area (Å²) < 4.78 is 40.0. The van der Waals surface area contributed by atoms with Crippen LogP contribution in [0.4, 0.5) is 13.2 Å². The van der Waals surface area contributed by atoms with E-state index in [0.717, 1.165) is 5.56 Å². The summed E-state index contributed by atoms with van der Waals surface area (Å²) >= 11 is 0. The summed E-state index contributed by atoms with van der Waals surface area (Å²) in [4.78, 5) is 3.72. The lowest BCUT2D eigenvalue weighted by molar-refractivity contribution is -0.154. The van der Waals surface area contributed by atoms with Crippen LogP contribution in [0.15, 0.2) is 24.4 Å². The highest BCUT2D eigenvalue weighted by atomic mass is 19.4. The number of ether oxygens (including phenoxy) is 1. The Labute approximate surface area is 96.6 Å². The second-order valence-corrected chi connectivity index (χ2v) is 3.25. The van der Waals surface area contributed by atoms with Crippen LogP contribution >= 0.6 is 0 Å². The van der Waals surface area contributed by atoms with Crippen molar-refractivity contribution in [3.05, 3.63) is 30.0 Å². The van der Waals surface area contributed by atoms with Crippen LogP contribution in [0.3, 0.4) is 0 Å². The number of halogens is 3. The van der Waals surface area contributed by atoms with Gasteiger partial charge in [0.25, 0.3) is 0 Å². The zero-order valence-electron chi connectivity index (χ0n) is 8.94. The normalized spacial score (nSPS) is 12.0. The molecule has 0 atom stereocenters. The smallest absolute Gasteiger partial charge is 0.422 e. The molecule has 3 nitrogen and oxygen atoms in total. The molecular weight excluding hydrogens is 235 g/mol. The lowest BCUT2D eigenvalue weighted by atomic mass is 10.2. The summed E-state index contributed by atoms with van der Waals surface area (Å²) in [5, 5.41) is 8.54. The number of hydrogen-bond donors (Lipinski definition) is 1. The highest BCUT2D eigenvalue weighted by Gasteiger charge is 2.28. The molecule has 0 amide bonds. The zero-order chi connectivity index (χ0) is 12.7. The quantitative estimate of drug-likeness (QED) is 0.868. The fourth-order valence-electron chi connectivity index (χ4n) is 1.03. The molecule has 0 saturated heterocycles. The molecule has 17 heavy (non-hydrogen) atoms. The molecule has 0 saturated carbocycles. The third-order valence-electron chi connectivity index (χ3n) is 1.75. The first-order valence-corrected chi connectivity index (χ1v) is 4.94. The van der Waals surface area contributed by atoms with Crippen LogP contribution < -0.4 is 4.74 Å². The Morgan fingerprint density at radius 2 is 2.12 bits per heavy atom. The molecule has 0 aromatic carbocycles. The number of alkyl halides is 3. The number of pyridine rings is 1. The van der Waals surface area contributed by atoms with E-state index >= 15 is 0 Å². The van der Waals surface area contributed by atoms with Gasteiger partial charge in [-0.05, 0) is 18.1 Å². The van der Waals surface area contributed by atoms with E-state index in [9.17, 15) is 13.2 Å². The van der Waals surface area contributed by atoms with Gasteiger partial charge in [-0.2, -0.15) is 13.2 Å². The van der Waals surface area contributed by atoms with Crippen LogP contribution in [-0.4, -0.2) is 29.5 Å². The first-order chi connectivity index (χ1) is 8.01. The fourth-order valence-corrected chi connectivity index (χ4v) is 1.03. The predicted molar refractivity (Wildman–Crippen MR) is 56.5 cm³/mol. The van der Waals surface area contributed by atoms with Crippen molar-refractivity contribution in [2.24, 2.45) is 0 Å². The van der Waals surface area contributed by atoms with Crippen molar-refractivity contribution in [3.63, 3.8) is 0 Å². The Morgan fingerprint density at radius 1 is 1.35 bits per heavy atom. The average molecular weight is 247 g/mol. The first kappa shape index (κ1) is 13.5. The highest BCUT2D eigenvalue weighted by molar-refractivity contribution is 5.48. The minimum atomic E-state index is -4.36. The van der Waals surface area contributed by atoms with E-state index in [4.69, 9.17) is 5.11 Å². The summed E-state index contributed by atoms with van der Waals surface area (Å²) in [5.74, 6) is -0.0679. The number of rotatable bonds is 5. The standard InChI is InChI=1S/C11H12F3NO2/c12-11(13,14)8-17-10-5-4-9(7-15-10)3-1-2-6-16/h1,3-5,7,16H,2,6,8H2. The Balaban J connectivity index is 2.50. The molecule has 0 radical (unpaired) electrons. The van der Waals surface area contributed by atoms with Crippen molar-refractivity contribution in [1.29, 1.82) is 0 Å². The molecular formula is C11H12F3NO2. The van der Waals surface area contributed by atoms with Crippen molar-refractivity contribution in [1.82, 2.24) is 4.98 Å². The van der Waals surface area contributed by atoms with Crippen molar-refractivity contribution >= 4 is 6.08 Å². The Kier molecular flexibility index (Phi) is 4.96. The third kappa shape index (κ3) is 5.91. The summed E-state index contributed by atoms with van der Waals surface area (Å²) in [6.45, 7) is -1.30. The molecule has 1 heterocycles. The van der Waals surface area contributed by atoms with Crippen LogP contribution in [0.25, 0.3) is 6.08 Å². The van der Waals surface area contributed by atoms with Gasteiger partial charge in [0.15, 0.2) is 6.61 Å². The fraction of sp³-hybridized carbons (Fsp3) is 0.364. The van der Waals surface area contributed by atoms with Crippen LogP contribution in [0.5, 0.6) is 5.88 Å². The van der Waals surface area contributed by atoms with E-state index in [0.29, 0.717) is 6.42 Å². The van der Waals surface area contributed by atoms with Gasteiger partial charge in [0.1, 0.15) is 0 Å². The predicted octanol–water partition coefficient (Wildman–Crippen LogP) is 2.42. The molecule has 0 aliphatic rings. The van der Waals surface area contributed by atoms with Crippen molar-refractivity contribution in [2.45, 2.75) is 12.6 Å². The van der Waals surface area contributed by atoms with Crippen molar-refractivity contribution < 1.29 is 23.0 Å². The molecule has 0 unspecified atom stereocenters. The number of nitrogens with zero attached hydrogens (tertiary/aromatic N) is 1. The molecule has 6 heteroatoms. The van der Waals surface area contributed by atoms with Gasteiger partial charge in [0, 0.05) is 18.9 Å². The summed E-state index contributed by atoms with van der Waals surface area (Å²) in [5.41, 5.74) is 0.734. The van der Waals surface area contributed by atoms with E-state index in [1.165, 1.54) is 12.3 Å². The van der Waals surface area contributed by atoms with Gasteiger partial charge >= 0.3 is 6.18 Å². The van der Waals surface area contributed by atoms with Crippen LogP contribution in [0, 0.1) is 0 Å². The van der Waals surface area contributed by atoms with Crippen molar-refractivity contribution in [3.8, 4) is 5.88 Å². The Morgan fingerprint density at radius 3 is 2.65 bits per heavy atom. The molecule has 1 aromatic heterocycles. The third-order valence-corrected chi connectivity index (χ3v) is 1.75. The van der Waals surface area contributed by atoms with E-state index in [1.54, 1.807) is 18.2 Å². The summed E-state index contributed by atoms with van der Waals surface area (Å²) in [6, 6.07) is 2.96. The largest absolute Gasteiger partial charge is 0.468 e. The van der Waals surface area contributed by atoms with E-state index in [1.807, 2.05) is 0 Å². The second kappa shape index (κ2) is 6.24. The minimum absolute atomic E-state index is 0.0523. The maximum absolute atomic E-state index is 11.8. The SMILES string of the molecule is OCCC=Cc1ccc(OCC(F)(F)F)nc1. The molecule has 1 rings (SSSR count). The van der Waals surface area contributed by atoms with E-state index in [-0.39, 0.29) is 12.5 Å². The molecule has 0 fully saturated rings. The highest BCUT2D eigenvalue weighted by Crippen LogP contribution is 2.17. The molecule has 0 spiro atoms. The van der Waals surface area contributed by atoms with Gasteiger partial charge in [-0.3, -0.25) is 0 Å². The maximum Gasteiger partial charge on any atom is 0.422 e. The molecule has 1 aromatic rings. The van der Waals surface area contributed by atoms with Crippen LogP contribution in [0.1, 0.15) is 12.0 Å². The number of aromatic nitrogens is 1. The maximum atomic E-state index is 11.8. The van der Waals surface area contributed by atoms with E-state index < -0.39 is 12.8 Å². The zero-order valence-corrected chi connectivity index (χ0v) is 8.94. The Hall–Kier alpha value is -1.56. The lowest BCUT2D eigenvalue weighted by Gasteiger charge is -2.07. The van der Waals surface area contributed by atoms with Gasteiger partial charge < -0.3 is 9.84 Å². The van der Waals surface area contributed by atoms with Gasteiger partial charge in [-0.15, -0.1) is 0 Å². The van der Waals surface area contributed by atoms with E-state index in [2.05, 4.69) is 9.72 Å². The summed E-state index contributed by atoms with van der Waals surface area (Å²) in [6.07, 6.45) is 1.03. The van der Waals surface area contributed by atoms with Gasteiger partial charge in [-0.25, -0.2) is 4.98 Å². The number of aliphatic hydroxyl groups is 1. The van der Waals surface area contributed by atoms with Crippen LogP contribution in [0.2, 0.25) is 0 Å². The average Bonchev–Trinajstić information content (AvgIpc) is 2.27. The van der Waals surface area contributed by atoms with Gasteiger partial charge in [0.2, 0.25) is 5.88 Å². The topological polar surface area (TPSA) is 42.4 Å². The van der Waals surface area contributed by atoms with Gasteiger partial charge in [0.05, 0.1) is 0 Å². The monoisotopic (exact) mass is 247 g/mol. The molecule has 0 aliphatic heterocycles.